The molecule has 23 heavy (non-hydrogen) atoms. The van der Waals surface area contributed by atoms with Gasteiger partial charge in [0.15, 0.2) is 10.7 Å². The number of cyclic esters (lactones) is 1. The van der Waals surface area contributed by atoms with E-state index in [0.717, 1.165) is 29.4 Å². The zero-order valence-electron chi connectivity index (χ0n) is 13.8. The molecule has 0 saturated carbocycles. The summed E-state index contributed by atoms with van der Waals surface area (Å²) < 4.78 is 5.66. The Hall–Kier alpha value is -1.88. The molecule has 122 valence electrons. The normalized spacial score (nSPS) is 23.8. The highest BCUT2D eigenvalue weighted by Crippen LogP contribution is 2.42. The number of aromatic nitrogens is 1. The molecule has 4 nitrogen and oxygen atoms in total. The summed E-state index contributed by atoms with van der Waals surface area (Å²) in [6.07, 6.45) is 2.59. The predicted octanol–water partition coefficient (Wildman–Crippen LogP) is 4.77. The fourth-order valence-electron chi connectivity index (χ4n) is 2.96. The fraction of sp³-hybridized carbons (Fsp3) is 0.444. The third kappa shape index (κ3) is 3.39. The van der Waals surface area contributed by atoms with Crippen LogP contribution < -0.4 is 5.32 Å². The van der Waals surface area contributed by atoms with Crippen LogP contribution in [0.3, 0.4) is 0 Å². The first kappa shape index (κ1) is 16.0. The molecule has 5 heteroatoms. The van der Waals surface area contributed by atoms with Crippen LogP contribution in [0, 0.1) is 12.8 Å². The van der Waals surface area contributed by atoms with Crippen molar-refractivity contribution >= 4 is 28.1 Å². The van der Waals surface area contributed by atoms with Crippen LogP contribution in [-0.4, -0.2) is 11.0 Å². The average Bonchev–Trinajstić information content (AvgIpc) is 3.08. The van der Waals surface area contributed by atoms with Gasteiger partial charge in [0.05, 0.1) is 11.6 Å². The van der Waals surface area contributed by atoms with Gasteiger partial charge in [-0.1, -0.05) is 31.0 Å². The number of hydrogen-bond donors (Lipinski definition) is 1. The summed E-state index contributed by atoms with van der Waals surface area (Å²) in [5.41, 5.74) is 2.47. The van der Waals surface area contributed by atoms with Gasteiger partial charge in [0.25, 0.3) is 0 Å². The molecule has 0 amide bonds. The van der Waals surface area contributed by atoms with Crippen LogP contribution in [0.2, 0.25) is 0 Å². The van der Waals surface area contributed by atoms with Crippen LogP contribution in [0.5, 0.6) is 0 Å². The maximum Gasteiger partial charge on any atom is 0.310 e. The van der Waals surface area contributed by atoms with Gasteiger partial charge in [-0.15, -0.1) is 11.3 Å². The van der Waals surface area contributed by atoms with Gasteiger partial charge < -0.3 is 10.1 Å². The molecule has 2 aromatic rings. The van der Waals surface area contributed by atoms with Crippen molar-refractivity contribution in [3.8, 4) is 0 Å². The lowest BCUT2D eigenvalue weighted by atomic mass is 9.91. The minimum Gasteiger partial charge on any atom is -0.453 e. The van der Waals surface area contributed by atoms with Crippen LogP contribution in [-0.2, 0) is 15.1 Å². The summed E-state index contributed by atoms with van der Waals surface area (Å²) in [7, 11) is 0. The Morgan fingerprint density at radius 1 is 1.39 bits per heavy atom. The molecular weight excluding hydrogens is 308 g/mol. The van der Waals surface area contributed by atoms with E-state index < -0.39 is 5.60 Å². The van der Waals surface area contributed by atoms with Gasteiger partial charge in [-0.2, -0.15) is 0 Å². The zero-order chi connectivity index (χ0) is 16.4. The van der Waals surface area contributed by atoms with Crippen molar-refractivity contribution < 1.29 is 9.53 Å². The van der Waals surface area contributed by atoms with E-state index in [0.29, 0.717) is 6.42 Å². The van der Waals surface area contributed by atoms with Gasteiger partial charge >= 0.3 is 5.97 Å². The van der Waals surface area contributed by atoms with Crippen LogP contribution in [0.15, 0.2) is 29.6 Å². The highest BCUT2D eigenvalue weighted by Gasteiger charge is 2.45. The molecule has 0 radical (unpaired) electrons. The first-order valence-electron chi connectivity index (χ1n) is 8.03. The topological polar surface area (TPSA) is 51.2 Å². The number of aryl methyl sites for hydroxylation is 1. The first-order chi connectivity index (χ1) is 11.0. The average molecular weight is 330 g/mol. The molecule has 0 unspecified atom stereocenters. The minimum absolute atomic E-state index is 0.000192. The Morgan fingerprint density at radius 2 is 2.13 bits per heavy atom. The SMILES string of the molecule is CCC[C@@H]1C[C@](C)(c2csc(Nc3ccc(C)cc3)n2)OC1=O. The molecule has 3 rings (SSSR count). The molecule has 1 N–H and O–H groups in total. The van der Waals surface area contributed by atoms with Crippen molar-refractivity contribution in [2.45, 2.75) is 45.6 Å². The van der Waals surface area contributed by atoms with Crippen molar-refractivity contribution in [1.29, 1.82) is 0 Å². The van der Waals surface area contributed by atoms with E-state index >= 15 is 0 Å². The molecular formula is C18H22N2O2S. The molecule has 1 aliphatic rings. The summed E-state index contributed by atoms with van der Waals surface area (Å²) >= 11 is 1.54. The molecule has 2 atom stereocenters. The molecule has 1 aromatic heterocycles. The number of ether oxygens (including phenoxy) is 1. The number of hydrogen-bond acceptors (Lipinski definition) is 5. The second kappa shape index (κ2) is 6.32. The predicted molar refractivity (Wildman–Crippen MR) is 93.0 cm³/mol. The summed E-state index contributed by atoms with van der Waals surface area (Å²) in [6.45, 7) is 6.12. The third-order valence-corrected chi connectivity index (χ3v) is 5.04. The summed E-state index contributed by atoms with van der Waals surface area (Å²) in [5, 5.41) is 6.11. The molecule has 1 saturated heterocycles. The number of nitrogens with one attached hydrogen (secondary N) is 1. The Kier molecular flexibility index (Phi) is 4.39. The maximum absolute atomic E-state index is 12.0. The number of rotatable bonds is 5. The third-order valence-electron chi connectivity index (χ3n) is 4.28. The lowest BCUT2D eigenvalue weighted by Crippen LogP contribution is -2.21. The monoisotopic (exact) mass is 330 g/mol. The second-order valence-electron chi connectivity index (χ2n) is 6.37. The van der Waals surface area contributed by atoms with Gasteiger partial charge in [-0.25, -0.2) is 4.98 Å². The largest absolute Gasteiger partial charge is 0.453 e. The molecule has 1 aromatic carbocycles. The Bertz CT molecular complexity index is 695. The Labute approximate surface area is 140 Å². The van der Waals surface area contributed by atoms with E-state index in [1.54, 1.807) is 0 Å². The zero-order valence-corrected chi connectivity index (χ0v) is 14.6. The van der Waals surface area contributed by atoms with Crippen molar-refractivity contribution in [2.24, 2.45) is 5.92 Å². The van der Waals surface area contributed by atoms with Crippen molar-refractivity contribution in [2.75, 3.05) is 5.32 Å². The summed E-state index contributed by atoms with van der Waals surface area (Å²) in [5.74, 6) is -0.0874. The summed E-state index contributed by atoms with van der Waals surface area (Å²) in [4.78, 5) is 16.7. The number of anilines is 2. The number of esters is 1. The van der Waals surface area contributed by atoms with E-state index in [2.05, 4.69) is 36.3 Å². The van der Waals surface area contributed by atoms with Gasteiger partial charge in [0, 0.05) is 17.5 Å². The van der Waals surface area contributed by atoms with Crippen LogP contribution >= 0.6 is 11.3 Å². The second-order valence-corrected chi connectivity index (χ2v) is 7.23. The van der Waals surface area contributed by atoms with Crippen LogP contribution in [0.4, 0.5) is 10.8 Å². The highest BCUT2D eigenvalue weighted by molar-refractivity contribution is 7.13. The van der Waals surface area contributed by atoms with Gasteiger partial charge in [-0.3, -0.25) is 4.79 Å². The van der Waals surface area contributed by atoms with E-state index in [1.165, 1.54) is 16.9 Å². The van der Waals surface area contributed by atoms with E-state index in [1.807, 2.05) is 24.4 Å². The lowest BCUT2D eigenvalue weighted by molar-refractivity contribution is -0.150. The molecule has 0 spiro atoms. The highest BCUT2D eigenvalue weighted by atomic mass is 32.1. The summed E-state index contributed by atoms with van der Waals surface area (Å²) in [6, 6.07) is 8.19. The van der Waals surface area contributed by atoms with Crippen LogP contribution in [0.25, 0.3) is 0 Å². The molecule has 1 aliphatic heterocycles. The van der Waals surface area contributed by atoms with E-state index in [9.17, 15) is 4.79 Å². The molecule has 2 heterocycles. The standard InChI is InChI=1S/C18H22N2O2S/c1-4-5-13-10-18(3,22-16(13)21)15-11-23-17(20-15)19-14-8-6-12(2)7-9-14/h6-9,11,13H,4-5,10H2,1-3H3,(H,19,20)/t13-,18-/m1/s1. The van der Waals surface area contributed by atoms with Gasteiger partial charge in [0.2, 0.25) is 0 Å². The number of carbonyl (C=O) groups excluding carboxylic acids is 1. The van der Waals surface area contributed by atoms with Crippen LogP contribution in [0.1, 0.15) is 44.4 Å². The van der Waals surface area contributed by atoms with Crippen molar-refractivity contribution in [1.82, 2.24) is 4.98 Å². The van der Waals surface area contributed by atoms with Gasteiger partial charge in [-0.05, 0) is 32.4 Å². The molecule has 0 bridgehead atoms. The molecule has 0 aliphatic carbocycles. The van der Waals surface area contributed by atoms with Crippen molar-refractivity contribution in [3.63, 3.8) is 0 Å². The van der Waals surface area contributed by atoms with Crippen molar-refractivity contribution in [3.05, 3.63) is 40.9 Å². The molecule has 1 fully saturated rings. The Balaban J connectivity index is 1.74. The fourth-order valence-corrected chi connectivity index (χ4v) is 3.81. The van der Waals surface area contributed by atoms with E-state index in [-0.39, 0.29) is 11.9 Å². The van der Waals surface area contributed by atoms with Gasteiger partial charge in [0.1, 0.15) is 0 Å². The minimum atomic E-state index is -0.597. The Morgan fingerprint density at radius 3 is 2.83 bits per heavy atom. The first-order valence-corrected chi connectivity index (χ1v) is 8.90. The number of nitrogens with zero attached hydrogens (tertiary/aromatic N) is 1. The number of carbonyl (C=O) groups is 1. The quantitative estimate of drug-likeness (QED) is 0.802. The maximum atomic E-state index is 12.0. The number of thiazole rings is 1. The number of benzene rings is 1. The van der Waals surface area contributed by atoms with E-state index in [4.69, 9.17) is 4.74 Å². The lowest BCUT2D eigenvalue weighted by Gasteiger charge is -2.19. The smallest absolute Gasteiger partial charge is 0.310 e.